The Morgan fingerprint density at radius 2 is 1.94 bits per heavy atom. The molecule has 0 radical (unpaired) electrons. The maximum absolute atomic E-state index is 12.0. The average Bonchev–Trinajstić information content (AvgIpc) is 2.22. The molecular formula is C13H26N2O2. The summed E-state index contributed by atoms with van der Waals surface area (Å²) >= 11 is 0. The molecule has 4 nitrogen and oxygen atoms in total. The van der Waals surface area contributed by atoms with Crippen molar-refractivity contribution < 1.29 is 9.53 Å². The van der Waals surface area contributed by atoms with Gasteiger partial charge >= 0.3 is 0 Å². The first-order chi connectivity index (χ1) is 7.99. The molecular weight excluding hydrogens is 216 g/mol. The molecule has 1 fully saturated rings. The van der Waals surface area contributed by atoms with Gasteiger partial charge in [-0.05, 0) is 26.8 Å². The molecule has 1 rings (SSSR count). The van der Waals surface area contributed by atoms with E-state index in [4.69, 9.17) is 4.74 Å². The molecule has 100 valence electrons. The van der Waals surface area contributed by atoms with Gasteiger partial charge in [-0.25, -0.2) is 0 Å². The first kappa shape index (κ1) is 14.5. The predicted octanol–water partition coefficient (Wildman–Crippen LogP) is 1.40. The second-order valence-corrected chi connectivity index (χ2v) is 5.27. The van der Waals surface area contributed by atoms with E-state index in [0.717, 1.165) is 26.1 Å². The number of rotatable bonds is 5. The van der Waals surface area contributed by atoms with Crippen LogP contribution in [0.1, 0.15) is 40.5 Å². The maximum Gasteiger partial charge on any atom is 0.222 e. The monoisotopic (exact) mass is 242 g/mol. The summed E-state index contributed by atoms with van der Waals surface area (Å²) < 4.78 is 5.62. The van der Waals surface area contributed by atoms with Crippen molar-refractivity contribution in [1.82, 2.24) is 10.2 Å². The van der Waals surface area contributed by atoms with Gasteiger partial charge in [-0.15, -0.1) is 0 Å². The van der Waals surface area contributed by atoms with Crippen molar-refractivity contribution in [2.75, 3.05) is 19.6 Å². The van der Waals surface area contributed by atoms with Crippen molar-refractivity contribution in [2.45, 2.75) is 58.8 Å². The SMILES string of the molecule is CC(C)NCCCC(=O)N1C[C@@H](C)O[C@@H](C)C1. The van der Waals surface area contributed by atoms with Crippen molar-refractivity contribution >= 4 is 5.91 Å². The molecule has 0 unspecified atom stereocenters. The Morgan fingerprint density at radius 3 is 2.47 bits per heavy atom. The van der Waals surface area contributed by atoms with E-state index in [9.17, 15) is 4.79 Å². The fourth-order valence-electron chi connectivity index (χ4n) is 2.17. The molecule has 1 heterocycles. The molecule has 0 spiro atoms. The smallest absolute Gasteiger partial charge is 0.222 e. The summed E-state index contributed by atoms with van der Waals surface area (Å²) in [7, 11) is 0. The molecule has 1 saturated heterocycles. The summed E-state index contributed by atoms with van der Waals surface area (Å²) in [6.07, 6.45) is 1.88. The van der Waals surface area contributed by atoms with Crippen LogP contribution in [0.3, 0.4) is 0 Å². The standard InChI is InChI=1S/C13H26N2O2/c1-10(2)14-7-5-6-13(16)15-8-11(3)17-12(4)9-15/h10-12,14H,5-9H2,1-4H3/t11-,12+. The lowest BCUT2D eigenvalue weighted by Crippen LogP contribution is -2.48. The van der Waals surface area contributed by atoms with Crippen LogP contribution in [-0.2, 0) is 9.53 Å². The second-order valence-electron chi connectivity index (χ2n) is 5.27. The third-order valence-corrected chi connectivity index (χ3v) is 2.89. The molecule has 0 aromatic heterocycles. The van der Waals surface area contributed by atoms with E-state index >= 15 is 0 Å². The van der Waals surface area contributed by atoms with Gasteiger partial charge in [0, 0.05) is 25.6 Å². The summed E-state index contributed by atoms with van der Waals surface area (Å²) in [5.74, 6) is 0.262. The molecule has 0 saturated carbocycles. The van der Waals surface area contributed by atoms with Crippen LogP contribution in [0.25, 0.3) is 0 Å². The van der Waals surface area contributed by atoms with Gasteiger partial charge < -0.3 is 15.0 Å². The van der Waals surface area contributed by atoms with Crippen LogP contribution in [0.5, 0.6) is 0 Å². The topological polar surface area (TPSA) is 41.6 Å². The molecule has 4 heteroatoms. The van der Waals surface area contributed by atoms with Crippen LogP contribution >= 0.6 is 0 Å². The highest BCUT2D eigenvalue weighted by Crippen LogP contribution is 2.12. The number of hydrogen-bond acceptors (Lipinski definition) is 3. The molecule has 1 aliphatic heterocycles. The minimum absolute atomic E-state index is 0.163. The molecule has 2 atom stereocenters. The van der Waals surface area contributed by atoms with Gasteiger partial charge in [-0.1, -0.05) is 13.8 Å². The Kier molecular flexibility index (Phi) is 5.92. The summed E-state index contributed by atoms with van der Waals surface area (Å²) in [6, 6.07) is 0.494. The van der Waals surface area contributed by atoms with Gasteiger partial charge in [0.25, 0.3) is 0 Å². The molecule has 0 aromatic carbocycles. The maximum atomic E-state index is 12.0. The molecule has 17 heavy (non-hydrogen) atoms. The first-order valence-corrected chi connectivity index (χ1v) is 6.65. The number of nitrogens with zero attached hydrogens (tertiary/aromatic N) is 1. The van der Waals surface area contributed by atoms with Crippen molar-refractivity contribution in [1.29, 1.82) is 0 Å². The molecule has 0 aliphatic carbocycles. The Morgan fingerprint density at radius 1 is 1.35 bits per heavy atom. The molecule has 1 aliphatic rings. The van der Waals surface area contributed by atoms with Crippen molar-refractivity contribution in [3.63, 3.8) is 0 Å². The highest BCUT2D eigenvalue weighted by Gasteiger charge is 2.25. The fraction of sp³-hybridized carbons (Fsp3) is 0.923. The number of carbonyl (C=O) groups is 1. The second kappa shape index (κ2) is 6.97. The van der Waals surface area contributed by atoms with Crippen LogP contribution in [0.15, 0.2) is 0 Å². The zero-order valence-electron chi connectivity index (χ0n) is 11.5. The summed E-state index contributed by atoms with van der Waals surface area (Å²) in [5.41, 5.74) is 0. The van der Waals surface area contributed by atoms with E-state index in [1.165, 1.54) is 0 Å². The van der Waals surface area contributed by atoms with E-state index < -0.39 is 0 Å². The van der Waals surface area contributed by atoms with Gasteiger partial charge in [0.1, 0.15) is 0 Å². The van der Waals surface area contributed by atoms with Crippen molar-refractivity contribution in [2.24, 2.45) is 0 Å². The minimum atomic E-state index is 0.163. The number of morpholine rings is 1. The largest absolute Gasteiger partial charge is 0.372 e. The first-order valence-electron chi connectivity index (χ1n) is 6.65. The van der Waals surface area contributed by atoms with Crippen molar-refractivity contribution in [3.05, 3.63) is 0 Å². The fourth-order valence-corrected chi connectivity index (χ4v) is 2.17. The van der Waals surface area contributed by atoms with E-state index in [2.05, 4.69) is 19.2 Å². The molecule has 1 amide bonds. The van der Waals surface area contributed by atoms with E-state index in [1.54, 1.807) is 0 Å². The average molecular weight is 242 g/mol. The van der Waals surface area contributed by atoms with E-state index in [0.29, 0.717) is 12.5 Å². The highest BCUT2D eigenvalue weighted by molar-refractivity contribution is 5.76. The van der Waals surface area contributed by atoms with Gasteiger partial charge in [0.15, 0.2) is 0 Å². The van der Waals surface area contributed by atoms with Crippen LogP contribution in [-0.4, -0.2) is 48.7 Å². The Hall–Kier alpha value is -0.610. The zero-order chi connectivity index (χ0) is 12.8. The highest BCUT2D eigenvalue weighted by atomic mass is 16.5. The minimum Gasteiger partial charge on any atom is -0.372 e. The van der Waals surface area contributed by atoms with Crippen LogP contribution in [0.2, 0.25) is 0 Å². The van der Waals surface area contributed by atoms with Gasteiger partial charge in [-0.2, -0.15) is 0 Å². The lowest BCUT2D eigenvalue weighted by atomic mass is 10.2. The van der Waals surface area contributed by atoms with Crippen molar-refractivity contribution in [3.8, 4) is 0 Å². The number of carbonyl (C=O) groups excluding carboxylic acids is 1. The number of hydrogen-bond donors (Lipinski definition) is 1. The lowest BCUT2D eigenvalue weighted by Gasteiger charge is -2.35. The number of nitrogens with one attached hydrogen (secondary N) is 1. The van der Waals surface area contributed by atoms with Gasteiger partial charge in [-0.3, -0.25) is 4.79 Å². The van der Waals surface area contributed by atoms with Crippen LogP contribution in [0, 0.1) is 0 Å². The summed E-state index contributed by atoms with van der Waals surface area (Å²) in [5, 5.41) is 3.33. The third-order valence-electron chi connectivity index (χ3n) is 2.89. The van der Waals surface area contributed by atoms with E-state index in [-0.39, 0.29) is 18.1 Å². The Labute approximate surface area is 105 Å². The lowest BCUT2D eigenvalue weighted by molar-refractivity contribution is -0.143. The van der Waals surface area contributed by atoms with Crippen LogP contribution < -0.4 is 5.32 Å². The Bertz CT molecular complexity index is 234. The predicted molar refractivity (Wildman–Crippen MR) is 69.0 cm³/mol. The van der Waals surface area contributed by atoms with E-state index in [1.807, 2.05) is 18.7 Å². The summed E-state index contributed by atoms with van der Waals surface area (Å²) in [4.78, 5) is 13.9. The number of amides is 1. The normalized spacial score (nSPS) is 25.4. The zero-order valence-corrected chi connectivity index (χ0v) is 11.5. The Balaban J connectivity index is 2.22. The quantitative estimate of drug-likeness (QED) is 0.741. The van der Waals surface area contributed by atoms with Gasteiger partial charge in [0.2, 0.25) is 5.91 Å². The van der Waals surface area contributed by atoms with Crippen LogP contribution in [0.4, 0.5) is 0 Å². The summed E-state index contributed by atoms with van der Waals surface area (Å²) in [6.45, 7) is 10.7. The van der Waals surface area contributed by atoms with Gasteiger partial charge in [0.05, 0.1) is 12.2 Å². The number of ether oxygens (including phenoxy) is 1. The molecule has 0 aromatic rings. The third kappa shape index (κ3) is 5.50. The molecule has 0 bridgehead atoms. The molecule has 1 N–H and O–H groups in total.